The van der Waals surface area contributed by atoms with E-state index in [1.54, 1.807) is 0 Å². The van der Waals surface area contributed by atoms with Gasteiger partial charge in [0.05, 0.1) is 5.56 Å². The van der Waals surface area contributed by atoms with Gasteiger partial charge in [0.25, 0.3) is 0 Å². The van der Waals surface area contributed by atoms with Gasteiger partial charge in [-0.25, -0.2) is 0 Å². The molecular formula is C9H6F3NO3. The van der Waals surface area contributed by atoms with Crippen LogP contribution in [0.15, 0.2) is 18.2 Å². The van der Waals surface area contributed by atoms with E-state index in [-0.39, 0.29) is 11.8 Å². The zero-order valence-electron chi connectivity index (χ0n) is 7.75. The van der Waals surface area contributed by atoms with Crippen molar-refractivity contribution in [3.63, 3.8) is 0 Å². The number of hydrogen-bond donors (Lipinski definition) is 1. The minimum Gasteiger partial charge on any atom is -0.405 e. The summed E-state index contributed by atoms with van der Waals surface area (Å²) in [6, 6.07) is 2.82. The summed E-state index contributed by atoms with van der Waals surface area (Å²) in [7, 11) is 0. The van der Waals surface area contributed by atoms with E-state index in [4.69, 9.17) is 5.73 Å². The maximum atomic E-state index is 11.9. The molecule has 1 amide bonds. The van der Waals surface area contributed by atoms with E-state index in [1.807, 2.05) is 0 Å². The molecule has 0 atom stereocenters. The first-order valence-corrected chi connectivity index (χ1v) is 3.98. The Balaban J connectivity index is 3.12. The number of hydrogen-bond acceptors (Lipinski definition) is 3. The average Bonchev–Trinajstić information content (AvgIpc) is 2.15. The Hall–Kier alpha value is -2.05. The average molecular weight is 233 g/mol. The molecular weight excluding hydrogens is 227 g/mol. The molecule has 0 aliphatic heterocycles. The normalized spacial score (nSPS) is 10.9. The Kier molecular flexibility index (Phi) is 3.17. The summed E-state index contributed by atoms with van der Waals surface area (Å²) < 4.78 is 39.2. The van der Waals surface area contributed by atoms with Crippen molar-refractivity contribution in [2.45, 2.75) is 6.36 Å². The number of rotatable bonds is 3. The Morgan fingerprint density at radius 3 is 2.44 bits per heavy atom. The molecule has 1 aromatic carbocycles. The number of carbonyl (C=O) groups is 2. The van der Waals surface area contributed by atoms with E-state index < -0.39 is 23.6 Å². The van der Waals surface area contributed by atoms with Crippen LogP contribution in [0, 0.1) is 0 Å². The molecule has 0 saturated carbocycles. The SMILES string of the molecule is NC(=O)c1ccc(OC(F)(F)F)c(C=O)c1. The van der Waals surface area contributed by atoms with Crippen LogP contribution in [0.2, 0.25) is 0 Å². The van der Waals surface area contributed by atoms with Gasteiger partial charge in [0.2, 0.25) is 5.91 Å². The molecule has 16 heavy (non-hydrogen) atoms. The summed E-state index contributed by atoms with van der Waals surface area (Å²) in [6.07, 6.45) is -4.75. The monoisotopic (exact) mass is 233 g/mol. The second-order valence-corrected chi connectivity index (χ2v) is 2.78. The van der Waals surface area contributed by atoms with Crippen molar-refractivity contribution in [3.05, 3.63) is 29.3 Å². The van der Waals surface area contributed by atoms with Gasteiger partial charge in [-0.15, -0.1) is 13.2 Å². The van der Waals surface area contributed by atoms with E-state index in [1.165, 1.54) is 0 Å². The highest BCUT2D eigenvalue weighted by atomic mass is 19.4. The molecule has 0 fully saturated rings. The summed E-state index contributed by atoms with van der Waals surface area (Å²) in [5.74, 6) is -1.52. The first-order chi connectivity index (χ1) is 7.33. The molecule has 0 bridgehead atoms. The second-order valence-electron chi connectivity index (χ2n) is 2.78. The van der Waals surface area contributed by atoms with Crippen LogP contribution in [0.25, 0.3) is 0 Å². The van der Waals surface area contributed by atoms with Crippen molar-refractivity contribution in [2.24, 2.45) is 5.73 Å². The van der Waals surface area contributed by atoms with Crippen LogP contribution in [0.4, 0.5) is 13.2 Å². The van der Waals surface area contributed by atoms with Gasteiger partial charge in [-0.3, -0.25) is 9.59 Å². The maximum absolute atomic E-state index is 11.9. The number of nitrogens with two attached hydrogens (primary N) is 1. The lowest BCUT2D eigenvalue weighted by molar-refractivity contribution is -0.274. The smallest absolute Gasteiger partial charge is 0.405 e. The summed E-state index contributed by atoms with van der Waals surface area (Å²) in [5, 5.41) is 0. The highest BCUT2D eigenvalue weighted by molar-refractivity contribution is 5.95. The zero-order valence-corrected chi connectivity index (χ0v) is 7.75. The molecule has 0 aliphatic carbocycles. The van der Waals surface area contributed by atoms with Crippen LogP contribution in [-0.4, -0.2) is 18.6 Å². The lowest BCUT2D eigenvalue weighted by atomic mass is 10.1. The fourth-order valence-corrected chi connectivity index (χ4v) is 1.01. The van der Waals surface area contributed by atoms with E-state index in [0.717, 1.165) is 18.2 Å². The third-order valence-corrected chi connectivity index (χ3v) is 1.65. The highest BCUT2D eigenvalue weighted by Gasteiger charge is 2.32. The lowest BCUT2D eigenvalue weighted by Crippen LogP contribution is -2.18. The first kappa shape index (κ1) is 12.0. The van der Waals surface area contributed by atoms with E-state index in [2.05, 4.69) is 4.74 Å². The Morgan fingerprint density at radius 1 is 1.38 bits per heavy atom. The van der Waals surface area contributed by atoms with Crippen molar-refractivity contribution in [2.75, 3.05) is 0 Å². The number of ether oxygens (including phenoxy) is 1. The highest BCUT2D eigenvalue weighted by Crippen LogP contribution is 2.26. The molecule has 0 spiro atoms. The summed E-state index contributed by atoms with van der Waals surface area (Å²) in [5.41, 5.74) is 4.43. The van der Waals surface area contributed by atoms with Crippen LogP contribution < -0.4 is 10.5 Å². The van der Waals surface area contributed by atoms with Gasteiger partial charge < -0.3 is 10.5 Å². The predicted molar refractivity (Wildman–Crippen MR) is 47.0 cm³/mol. The minimum atomic E-state index is -4.90. The fraction of sp³-hybridized carbons (Fsp3) is 0.111. The third-order valence-electron chi connectivity index (χ3n) is 1.65. The summed E-state index contributed by atoms with van der Waals surface area (Å²) in [4.78, 5) is 21.2. The molecule has 0 saturated heterocycles. The molecule has 0 aliphatic rings. The predicted octanol–water partition coefficient (Wildman–Crippen LogP) is 1.50. The molecule has 86 valence electrons. The minimum absolute atomic E-state index is 0.0726. The van der Waals surface area contributed by atoms with Crippen LogP contribution in [0.5, 0.6) is 5.75 Å². The van der Waals surface area contributed by atoms with Gasteiger partial charge in [-0.1, -0.05) is 0 Å². The number of alkyl halides is 3. The van der Waals surface area contributed by atoms with Gasteiger partial charge in [-0.05, 0) is 18.2 Å². The van der Waals surface area contributed by atoms with Gasteiger partial charge in [0.1, 0.15) is 5.75 Å². The van der Waals surface area contributed by atoms with E-state index in [0.29, 0.717) is 0 Å². The van der Waals surface area contributed by atoms with E-state index >= 15 is 0 Å². The standard InChI is InChI=1S/C9H6F3NO3/c10-9(11,12)16-7-2-1-5(8(13)15)3-6(7)4-14/h1-4H,(H2,13,15). The molecule has 0 aromatic heterocycles. The Labute approximate surface area is 87.8 Å². The van der Waals surface area contributed by atoms with Crippen molar-refractivity contribution in [1.29, 1.82) is 0 Å². The Morgan fingerprint density at radius 2 is 2.00 bits per heavy atom. The summed E-state index contributed by atoms with van der Waals surface area (Å²) in [6.45, 7) is 0. The second kappa shape index (κ2) is 4.21. The van der Waals surface area contributed by atoms with Crippen LogP contribution in [0.1, 0.15) is 20.7 Å². The molecule has 0 heterocycles. The number of primary amides is 1. The fourth-order valence-electron chi connectivity index (χ4n) is 1.01. The van der Waals surface area contributed by atoms with Crippen LogP contribution in [0.3, 0.4) is 0 Å². The van der Waals surface area contributed by atoms with E-state index in [9.17, 15) is 22.8 Å². The molecule has 0 radical (unpaired) electrons. The molecule has 0 unspecified atom stereocenters. The van der Waals surface area contributed by atoms with Crippen molar-refractivity contribution < 1.29 is 27.5 Å². The number of benzene rings is 1. The lowest BCUT2D eigenvalue weighted by Gasteiger charge is -2.10. The van der Waals surface area contributed by atoms with Crippen LogP contribution >= 0.6 is 0 Å². The molecule has 2 N–H and O–H groups in total. The first-order valence-electron chi connectivity index (χ1n) is 3.98. The van der Waals surface area contributed by atoms with Gasteiger partial charge in [-0.2, -0.15) is 0 Å². The molecule has 4 nitrogen and oxygen atoms in total. The Bertz CT molecular complexity index is 428. The third kappa shape index (κ3) is 2.97. The van der Waals surface area contributed by atoms with Gasteiger partial charge >= 0.3 is 6.36 Å². The molecule has 1 rings (SSSR count). The van der Waals surface area contributed by atoms with Crippen molar-refractivity contribution >= 4 is 12.2 Å². The zero-order chi connectivity index (χ0) is 12.3. The van der Waals surface area contributed by atoms with Crippen LogP contribution in [-0.2, 0) is 0 Å². The largest absolute Gasteiger partial charge is 0.573 e. The van der Waals surface area contributed by atoms with Gasteiger partial charge in [0, 0.05) is 5.56 Å². The summed E-state index contributed by atoms with van der Waals surface area (Å²) >= 11 is 0. The maximum Gasteiger partial charge on any atom is 0.573 e. The number of amides is 1. The number of aldehydes is 1. The topological polar surface area (TPSA) is 69.4 Å². The molecule has 1 aromatic rings. The number of halogens is 3. The molecule has 7 heteroatoms. The van der Waals surface area contributed by atoms with Crippen molar-refractivity contribution in [3.8, 4) is 5.75 Å². The quantitative estimate of drug-likeness (QED) is 0.804. The van der Waals surface area contributed by atoms with Crippen molar-refractivity contribution in [1.82, 2.24) is 0 Å². The van der Waals surface area contributed by atoms with Gasteiger partial charge in [0.15, 0.2) is 6.29 Å². The number of carbonyl (C=O) groups excluding carboxylic acids is 2.